The van der Waals surface area contributed by atoms with Crippen molar-refractivity contribution in [1.29, 1.82) is 0 Å². The summed E-state index contributed by atoms with van der Waals surface area (Å²) in [4.78, 5) is 33.7. The van der Waals surface area contributed by atoms with Gasteiger partial charge in [0, 0.05) is 20.3 Å². The van der Waals surface area contributed by atoms with Gasteiger partial charge in [0.15, 0.2) is 0 Å². The van der Waals surface area contributed by atoms with E-state index in [1.54, 1.807) is 46.9 Å². The lowest BCUT2D eigenvalue weighted by molar-refractivity contribution is 0.159. The van der Waals surface area contributed by atoms with Gasteiger partial charge >= 0.3 is 6.03 Å². The van der Waals surface area contributed by atoms with Crippen molar-refractivity contribution in [3.8, 4) is 5.69 Å². The van der Waals surface area contributed by atoms with Crippen LogP contribution >= 0.6 is 0 Å². The maximum Gasteiger partial charge on any atom is 0.322 e. The molecule has 1 heterocycles. The second-order valence-electron chi connectivity index (χ2n) is 9.04. The Morgan fingerprint density at radius 2 is 1.84 bits per heavy atom. The van der Waals surface area contributed by atoms with Crippen molar-refractivity contribution >= 4 is 22.6 Å². The van der Waals surface area contributed by atoms with Crippen LogP contribution in [0.15, 0.2) is 71.5 Å². The van der Waals surface area contributed by atoms with Gasteiger partial charge in [-0.3, -0.25) is 9.36 Å². The third-order valence-electron chi connectivity index (χ3n) is 6.36. The number of hydrogen-bond acceptors (Lipinski definition) is 4. The van der Waals surface area contributed by atoms with Gasteiger partial charge in [0.25, 0.3) is 5.56 Å². The van der Waals surface area contributed by atoms with Gasteiger partial charge in [-0.15, -0.1) is 0 Å². The number of fused-ring (bicyclic) bond motifs is 1. The third kappa shape index (κ3) is 5.54. The van der Waals surface area contributed by atoms with Gasteiger partial charge in [-0.2, -0.15) is 0 Å². The molecular formula is C29H31FN4O3. The molecule has 1 atom stereocenters. The molecule has 192 valence electrons. The lowest BCUT2D eigenvalue weighted by Gasteiger charge is -2.31. The van der Waals surface area contributed by atoms with Crippen molar-refractivity contribution < 1.29 is 13.9 Å². The zero-order valence-electron chi connectivity index (χ0n) is 21.5. The number of hydrogen-bond donors (Lipinski definition) is 1. The summed E-state index contributed by atoms with van der Waals surface area (Å²) < 4.78 is 21.1. The fraction of sp³-hybridized carbons (Fsp3) is 0.276. The monoisotopic (exact) mass is 502 g/mol. The van der Waals surface area contributed by atoms with Crippen molar-refractivity contribution in [1.82, 2.24) is 14.5 Å². The molecule has 0 aliphatic carbocycles. The molecule has 0 spiro atoms. The van der Waals surface area contributed by atoms with Crippen molar-refractivity contribution in [3.05, 3.63) is 99.9 Å². The molecule has 0 bridgehead atoms. The van der Waals surface area contributed by atoms with Crippen molar-refractivity contribution in [2.45, 2.75) is 33.2 Å². The first-order valence-electron chi connectivity index (χ1n) is 12.2. The van der Waals surface area contributed by atoms with E-state index < -0.39 is 17.9 Å². The number of benzene rings is 3. The van der Waals surface area contributed by atoms with Gasteiger partial charge in [0.1, 0.15) is 11.6 Å². The number of rotatable bonds is 8. The Labute approximate surface area is 215 Å². The van der Waals surface area contributed by atoms with Crippen LogP contribution in [0.5, 0.6) is 0 Å². The van der Waals surface area contributed by atoms with Gasteiger partial charge in [-0.05, 0) is 63.1 Å². The van der Waals surface area contributed by atoms with Crippen molar-refractivity contribution in [2.24, 2.45) is 0 Å². The van der Waals surface area contributed by atoms with E-state index in [-0.39, 0.29) is 11.2 Å². The molecule has 37 heavy (non-hydrogen) atoms. The summed E-state index contributed by atoms with van der Waals surface area (Å²) in [6.07, 6.45) is 0.549. The zero-order valence-corrected chi connectivity index (χ0v) is 21.5. The van der Waals surface area contributed by atoms with Crippen LogP contribution in [0.1, 0.15) is 36.3 Å². The molecule has 0 saturated carbocycles. The standard InChI is InChI=1S/C29H31FN4O3/c1-19-14-15-26(20(2)18-19)34-27(31-24-12-7-5-10-22(24)28(34)35)21(3)33(16-9-17-37-4)29(36)32-25-13-8-6-11-23(25)30/h5-8,10-15,18,21H,9,16-17H2,1-4H3,(H,32,36). The van der Waals surface area contributed by atoms with E-state index in [1.807, 2.05) is 45.0 Å². The van der Waals surface area contributed by atoms with Gasteiger partial charge < -0.3 is 15.0 Å². The van der Waals surface area contributed by atoms with E-state index in [0.717, 1.165) is 11.1 Å². The normalized spacial score (nSPS) is 11.9. The van der Waals surface area contributed by atoms with Crippen molar-refractivity contribution in [3.63, 3.8) is 0 Å². The highest BCUT2D eigenvalue weighted by Crippen LogP contribution is 2.26. The average molecular weight is 503 g/mol. The topological polar surface area (TPSA) is 76.5 Å². The number of carbonyl (C=O) groups excluding carboxylic acids is 1. The van der Waals surface area contributed by atoms with E-state index in [4.69, 9.17) is 9.72 Å². The van der Waals surface area contributed by atoms with E-state index in [0.29, 0.717) is 42.0 Å². The van der Waals surface area contributed by atoms with Crippen LogP contribution in [0.4, 0.5) is 14.9 Å². The molecule has 7 nitrogen and oxygen atoms in total. The van der Waals surface area contributed by atoms with Crippen molar-refractivity contribution in [2.75, 3.05) is 25.6 Å². The first kappa shape index (κ1) is 26.0. The predicted octanol–water partition coefficient (Wildman–Crippen LogP) is 5.77. The number of halogens is 1. The minimum Gasteiger partial charge on any atom is -0.385 e. The first-order chi connectivity index (χ1) is 17.8. The van der Waals surface area contributed by atoms with E-state index in [1.165, 1.54) is 12.1 Å². The van der Waals surface area contributed by atoms with Gasteiger partial charge in [0.05, 0.1) is 28.3 Å². The summed E-state index contributed by atoms with van der Waals surface area (Å²) in [6.45, 7) is 6.51. The highest BCUT2D eigenvalue weighted by atomic mass is 19.1. The van der Waals surface area contributed by atoms with Crippen LogP contribution < -0.4 is 10.9 Å². The van der Waals surface area contributed by atoms with E-state index >= 15 is 0 Å². The number of ether oxygens (including phenoxy) is 1. The predicted molar refractivity (Wildman–Crippen MR) is 144 cm³/mol. The third-order valence-corrected chi connectivity index (χ3v) is 6.36. The molecule has 8 heteroatoms. The number of methoxy groups -OCH3 is 1. The van der Waals surface area contributed by atoms with E-state index in [2.05, 4.69) is 5.32 Å². The number of urea groups is 1. The van der Waals surface area contributed by atoms with Crippen LogP contribution in [0.3, 0.4) is 0 Å². The first-order valence-corrected chi connectivity index (χ1v) is 12.2. The zero-order chi connectivity index (χ0) is 26.5. The Bertz CT molecular complexity index is 1480. The second kappa shape index (κ2) is 11.3. The number of amides is 2. The fourth-order valence-electron chi connectivity index (χ4n) is 4.46. The Morgan fingerprint density at radius 1 is 1.11 bits per heavy atom. The Hall–Kier alpha value is -4.04. The summed E-state index contributed by atoms with van der Waals surface area (Å²) in [5.41, 5.74) is 3.08. The lowest BCUT2D eigenvalue weighted by Crippen LogP contribution is -2.41. The molecule has 4 rings (SSSR count). The molecule has 0 aliphatic heterocycles. The molecule has 0 fully saturated rings. The van der Waals surface area contributed by atoms with Crippen LogP contribution in [0, 0.1) is 19.7 Å². The number of carbonyl (C=O) groups is 1. The number of aryl methyl sites for hydroxylation is 2. The molecule has 0 aliphatic rings. The summed E-state index contributed by atoms with van der Waals surface area (Å²) >= 11 is 0. The van der Waals surface area contributed by atoms with Crippen LogP contribution in [-0.2, 0) is 4.74 Å². The molecule has 1 unspecified atom stereocenters. The van der Waals surface area contributed by atoms with Gasteiger partial charge in [0.2, 0.25) is 0 Å². The quantitative estimate of drug-likeness (QED) is 0.310. The Kier molecular flexibility index (Phi) is 7.98. The Morgan fingerprint density at radius 3 is 2.57 bits per heavy atom. The Balaban J connectivity index is 1.85. The number of para-hydroxylation sites is 2. The smallest absolute Gasteiger partial charge is 0.322 e. The minimum absolute atomic E-state index is 0.0784. The van der Waals surface area contributed by atoms with Crippen LogP contribution in [0.2, 0.25) is 0 Å². The second-order valence-corrected chi connectivity index (χ2v) is 9.04. The molecule has 4 aromatic rings. The highest BCUT2D eigenvalue weighted by molar-refractivity contribution is 5.89. The largest absolute Gasteiger partial charge is 0.385 e. The van der Waals surface area contributed by atoms with Crippen LogP contribution in [-0.4, -0.2) is 40.7 Å². The molecule has 0 saturated heterocycles. The number of nitrogens with one attached hydrogen (secondary N) is 1. The molecule has 0 radical (unpaired) electrons. The van der Waals surface area contributed by atoms with E-state index in [9.17, 15) is 14.0 Å². The molecule has 1 N–H and O–H groups in total. The molecule has 3 aromatic carbocycles. The summed E-state index contributed by atoms with van der Waals surface area (Å²) in [6, 6.07) is 17.9. The maximum atomic E-state index is 14.3. The SMILES string of the molecule is COCCCN(C(=O)Nc1ccccc1F)C(C)c1nc2ccccc2c(=O)n1-c1ccc(C)cc1C. The number of aromatic nitrogens is 2. The maximum absolute atomic E-state index is 14.3. The summed E-state index contributed by atoms with van der Waals surface area (Å²) in [5.74, 6) is -0.117. The highest BCUT2D eigenvalue weighted by Gasteiger charge is 2.27. The van der Waals surface area contributed by atoms with Crippen LogP contribution in [0.25, 0.3) is 16.6 Å². The minimum atomic E-state index is -0.623. The molecule has 2 amide bonds. The molecular weight excluding hydrogens is 471 g/mol. The van der Waals surface area contributed by atoms with Gasteiger partial charge in [-0.25, -0.2) is 14.2 Å². The average Bonchev–Trinajstić information content (AvgIpc) is 2.88. The van der Waals surface area contributed by atoms with Gasteiger partial charge in [-0.1, -0.05) is 42.0 Å². The number of nitrogens with zero attached hydrogens (tertiary/aromatic N) is 3. The summed E-state index contributed by atoms with van der Waals surface area (Å²) in [7, 11) is 1.59. The lowest BCUT2D eigenvalue weighted by atomic mass is 10.1. The summed E-state index contributed by atoms with van der Waals surface area (Å²) in [5, 5.41) is 3.16. The molecule has 1 aromatic heterocycles. The number of anilines is 1. The fourth-order valence-corrected chi connectivity index (χ4v) is 4.46.